The van der Waals surface area contributed by atoms with Crippen molar-refractivity contribution in [2.24, 2.45) is 0 Å². The van der Waals surface area contributed by atoms with Gasteiger partial charge in [-0.3, -0.25) is 4.79 Å². The summed E-state index contributed by atoms with van der Waals surface area (Å²) in [5, 5.41) is 0. The molecule has 0 aromatic heterocycles. The van der Waals surface area contributed by atoms with Gasteiger partial charge >= 0.3 is 0 Å². The molecule has 3 heteroatoms. The zero-order valence-corrected chi connectivity index (χ0v) is 12.9. The number of methoxy groups -OCH3 is 1. The quantitative estimate of drug-likeness (QED) is 0.817. The molecule has 0 radical (unpaired) electrons. The highest BCUT2D eigenvalue weighted by Gasteiger charge is 2.32. The van der Waals surface area contributed by atoms with Gasteiger partial charge in [0, 0.05) is 18.2 Å². The number of benzene rings is 2. The molecular weight excluding hydrogens is 274 g/mol. The monoisotopic (exact) mass is 295 g/mol. The first-order valence-corrected chi connectivity index (χ1v) is 7.73. The maximum atomic E-state index is 12.7. The fourth-order valence-corrected chi connectivity index (χ4v) is 2.70. The first-order valence-electron chi connectivity index (χ1n) is 7.73. The van der Waals surface area contributed by atoms with Crippen molar-refractivity contribution in [3.8, 4) is 5.75 Å². The molecule has 1 amide bonds. The molecule has 3 rings (SSSR count). The van der Waals surface area contributed by atoms with E-state index in [2.05, 4.69) is 12.1 Å². The molecule has 0 unspecified atom stereocenters. The van der Waals surface area contributed by atoms with E-state index in [4.69, 9.17) is 4.74 Å². The molecule has 0 atom stereocenters. The minimum Gasteiger partial charge on any atom is -0.496 e. The maximum absolute atomic E-state index is 12.7. The molecule has 0 spiro atoms. The number of carbonyl (C=O) groups is 1. The summed E-state index contributed by atoms with van der Waals surface area (Å²) in [7, 11) is 1.64. The smallest absolute Gasteiger partial charge is 0.227 e. The predicted molar refractivity (Wildman–Crippen MR) is 86.7 cm³/mol. The molecule has 3 nitrogen and oxygen atoms in total. The van der Waals surface area contributed by atoms with Crippen molar-refractivity contribution in [1.82, 2.24) is 4.90 Å². The van der Waals surface area contributed by atoms with E-state index in [1.807, 2.05) is 47.4 Å². The summed E-state index contributed by atoms with van der Waals surface area (Å²) in [6, 6.07) is 18.3. The third-order valence-corrected chi connectivity index (χ3v) is 4.04. The number of nitrogens with zero attached hydrogens (tertiary/aromatic N) is 1. The van der Waals surface area contributed by atoms with Crippen molar-refractivity contribution >= 4 is 5.91 Å². The Kier molecular flexibility index (Phi) is 4.42. The van der Waals surface area contributed by atoms with Crippen LogP contribution in [0.4, 0.5) is 0 Å². The average molecular weight is 295 g/mol. The lowest BCUT2D eigenvalue weighted by atomic mass is 10.1. The second kappa shape index (κ2) is 6.65. The Morgan fingerprint density at radius 2 is 1.77 bits per heavy atom. The minimum absolute atomic E-state index is 0.177. The van der Waals surface area contributed by atoms with Gasteiger partial charge in [0.1, 0.15) is 5.75 Å². The second-order valence-electron chi connectivity index (χ2n) is 5.73. The number of hydrogen-bond donors (Lipinski definition) is 0. The van der Waals surface area contributed by atoms with Gasteiger partial charge in [-0.15, -0.1) is 0 Å². The Labute approximate surface area is 131 Å². The third-order valence-electron chi connectivity index (χ3n) is 4.04. The van der Waals surface area contributed by atoms with Crippen molar-refractivity contribution in [3.05, 3.63) is 65.7 Å². The van der Waals surface area contributed by atoms with Crippen LogP contribution in [0.1, 0.15) is 24.0 Å². The van der Waals surface area contributed by atoms with E-state index >= 15 is 0 Å². The van der Waals surface area contributed by atoms with Gasteiger partial charge in [-0.05, 0) is 24.5 Å². The number of ether oxygens (including phenoxy) is 1. The van der Waals surface area contributed by atoms with Gasteiger partial charge in [0.05, 0.1) is 13.5 Å². The van der Waals surface area contributed by atoms with Crippen LogP contribution < -0.4 is 4.74 Å². The fraction of sp³-hybridized carbons (Fsp3) is 0.316. The van der Waals surface area contributed by atoms with Gasteiger partial charge < -0.3 is 9.64 Å². The molecule has 0 heterocycles. The van der Waals surface area contributed by atoms with Crippen molar-refractivity contribution in [2.45, 2.75) is 31.8 Å². The summed E-state index contributed by atoms with van der Waals surface area (Å²) in [6.07, 6.45) is 2.63. The SMILES string of the molecule is COc1ccccc1CC(=O)N(Cc1ccccc1)C1CC1. The zero-order valence-electron chi connectivity index (χ0n) is 12.9. The Morgan fingerprint density at radius 1 is 1.09 bits per heavy atom. The molecule has 1 saturated carbocycles. The minimum atomic E-state index is 0.177. The number of hydrogen-bond acceptors (Lipinski definition) is 2. The maximum Gasteiger partial charge on any atom is 0.227 e. The van der Waals surface area contributed by atoms with Gasteiger partial charge in [-0.1, -0.05) is 48.5 Å². The topological polar surface area (TPSA) is 29.5 Å². The molecule has 0 N–H and O–H groups in total. The Bertz CT molecular complexity index is 635. The molecule has 1 aliphatic carbocycles. The second-order valence-corrected chi connectivity index (χ2v) is 5.73. The van der Waals surface area contributed by atoms with Crippen LogP contribution in [-0.2, 0) is 17.8 Å². The first kappa shape index (κ1) is 14.6. The number of amides is 1. The van der Waals surface area contributed by atoms with Crippen LogP contribution in [0.25, 0.3) is 0 Å². The van der Waals surface area contributed by atoms with Crippen LogP contribution in [0, 0.1) is 0 Å². The van der Waals surface area contributed by atoms with E-state index in [0.717, 1.165) is 24.2 Å². The predicted octanol–water partition coefficient (Wildman–Crippen LogP) is 3.43. The van der Waals surface area contributed by atoms with Crippen molar-refractivity contribution in [1.29, 1.82) is 0 Å². The molecule has 22 heavy (non-hydrogen) atoms. The van der Waals surface area contributed by atoms with E-state index in [1.54, 1.807) is 7.11 Å². The molecule has 0 bridgehead atoms. The summed E-state index contributed by atoms with van der Waals surface area (Å²) in [4.78, 5) is 14.8. The van der Waals surface area contributed by atoms with E-state index in [9.17, 15) is 4.79 Å². The Balaban J connectivity index is 1.73. The molecule has 1 aliphatic rings. The van der Waals surface area contributed by atoms with Gasteiger partial charge in [0.25, 0.3) is 0 Å². The van der Waals surface area contributed by atoms with Gasteiger partial charge in [-0.25, -0.2) is 0 Å². The lowest BCUT2D eigenvalue weighted by molar-refractivity contribution is -0.131. The largest absolute Gasteiger partial charge is 0.496 e. The standard InChI is InChI=1S/C19H21NO2/c1-22-18-10-6-5-9-16(18)13-19(21)20(17-11-12-17)14-15-7-3-2-4-8-15/h2-10,17H,11-14H2,1H3. The van der Waals surface area contributed by atoms with Crippen molar-refractivity contribution < 1.29 is 9.53 Å². The van der Waals surface area contributed by atoms with E-state index in [-0.39, 0.29) is 5.91 Å². The van der Waals surface area contributed by atoms with Crippen LogP contribution in [-0.4, -0.2) is 24.0 Å². The first-order chi connectivity index (χ1) is 10.8. The molecule has 0 aliphatic heterocycles. The van der Waals surface area contributed by atoms with Crippen LogP contribution in [0.15, 0.2) is 54.6 Å². The summed E-state index contributed by atoms with van der Waals surface area (Å²) >= 11 is 0. The molecule has 2 aromatic carbocycles. The normalized spacial score (nSPS) is 13.7. The summed E-state index contributed by atoms with van der Waals surface area (Å²) < 4.78 is 5.35. The lowest BCUT2D eigenvalue weighted by Crippen LogP contribution is -2.33. The van der Waals surface area contributed by atoms with Crippen molar-refractivity contribution in [3.63, 3.8) is 0 Å². The zero-order chi connectivity index (χ0) is 15.4. The van der Waals surface area contributed by atoms with E-state index in [1.165, 1.54) is 5.56 Å². The number of rotatable bonds is 6. The molecule has 2 aromatic rings. The van der Waals surface area contributed by atoms with E-state index < -0.39 is 0 Å². The van der Waals surface area contributed by atoms with Gasteiger partial charge in [0.2, 0.25) is 5.91 Å². The number of carbonyl (C=O) groups excluding carboxylic acids is 1. The molecule has 114 valence electrons. The van der Waals surface area contributed by atoms with Crippen LogP contribution in [0.2, 0.25) is 0 Å². The summed E-state index contributed by atoms with van der Waals surface area (Å²) in [6.45, 7) is 0.694. The highest BCUT2D eigenvalue weighted by Crippen LogP contribution is 2.29. The van der Waals surface area contributed by atoms with E-state index in [0.29, 0.717) is 19.0 Å². The fourth-order valence-electron chi connectivity index (χ4n) is 2.70. The van der Waals surface area contributed by atoms with Crippen LogP contribution in [0.5, 0.6) is 5.75 Å². The van der Waals surface area contributed by atoms with Crippen LogP contribution >= 0.6 is 0 Å². The molecule has 1 fully saturated rings. The van der Waals surface area contributed by atoms with Crippen molar-refractivity contribution in [2.75, 3.05) is 7.11 Å². The van der Waals surface area contributed by atoms with Gasteiger partial charge in [0.15, 0.2) is 0 Å². The highest BCUT2D eigenvalue weighted by atomic mass is 16.5. The average Bonchev–Trinajstić information content (AvgIpc) is 3.39. The molecular formula is C19H21NO2. The van der Waals surface area contributed by atoms with Gasteiger partial charge in [-0.2, -0.15) is 0 Å². The number of para-hydroxylation sites is 1. The summed E-state index contributed by atoms with van der Waals surface area (Å²) in [5.41, 5.74) is 2.14. The highest BCUT2D eigenvalue weighted by molar-refractivity contribution is 5.80. The lowest BCUT2D eigenvalue weighted by Gasteiger charge is -2.23. The molecule has 0 saturated heterocycles. The summed E-state index contributed by atoms with van der Waals surface area (Å²) in [5.74, 6) is 0.960. The Hall–Kier alpha value is -2.29. The third kappa shape index (κ3) is 3.48. The Morgan fingerprint density at radius 3 is 2.45 bits per heavy atom. The van der Waals surface area contributed by atoms with Crippen LogP contribution in [0.3, 0.4) is 0 Å².